The van der Waals surface area contributed by atoms with Crippen molar-refractivity contribution in [2.45, 2.75) is 77.8 Å². The molecule has 0 amide bonds. The zero-order valence-electron chi connectivity index (χ0n) is 18.9. The Hall–Kier alpha value is -0.950. The molecule has 2 N–H and O–H groups in total. The molecule has 0 aromatic rings. The van der Waals surface area contributed by atoms with Crippen molar-refractivity contribution in [3.05, 3.63) is 12.7 Å². The van der Waals surface area contributed by atoms with Gasteiger partial charge in [0.25, 0.3) is 0 Å². The molecule has 1 aliphatic heterocycles. The number of esters is 1. The second-order valence-corrected chi connectivity index (χ2v) is 10.8. The average molecular weight is 423 g/mol. The standard InChI is InChI=1S/C24H38O6/c1-6-21(4)13-17(30-18(26)14-25)22(5)15(2)7-8-23(16(3)19(21)27)9-10-24(20(22)23)28-11-12-29-24/h6,15-17,19-20,25,27H,1,7-14H2,2-5H3/t15-,16+,17-,19+,20?,21+,22+,23+/m1/s1. The van der Waals surface area contributed by atoms with E-state index in [4.69, 9.17) is 14.2 Å². The highest BCUT2D eigenvalue weighted by Gasteiger charge is 2.73. The van der Waals surface area contributed by atoms with Gasteiger partial charge in [0.15, 0.2) is 5.79 Å². The van der Waals surface area contributed by atoms with E-state index in [2.05, 4.69) is 27.4 Å². The van der Waals surface area contributed by atoms with Gasteiger partial charge >= 0.3 is 5.97 Å². The van der Waals surface area contributed by atoms with E-state index in [0.717, 1.165) is 25.7 Å². The van der Waals surface area contributed by atoms with Gasteiger partial charge in [-0.3, -0.25) is 0 Å². The van der Waals surface area contributed by atoms with Gasteiger partial charge in [-0.2, -0.15) is 0 Å². The first-order valence-electron chi connectivity index (χ1n) is 11.5. The summed E-state index contributed by atoms with van der Waals surface area (Å²) in [5, 5.41) is 21.0. The number of carbonyl (C=O) groups is 1. The summed E-state index contributed by atoms with van der Waals surface area (Å²) in [6.45, 7) is 13.2. The van der Waals surface area contributed by atoms with Gasteiger partial charge in [-0.1, -0.05) is 33.8 Å². The van der Waals surface area contributed by atoms with Gasteiger partial charge < -0.3 is 24.4 Å². The number of rotatable bonds is 3. The van der Waals surface area contributed by atoms with Gasteiger partial charge in [-0.25, -0.2) is 4.79 Å². The minimum absolute atomic E-state index is 0.000687. The first-order valence-corrected chi connectivity index (χ1v) is 11.5. The average Bonchev–Trinajstić information content (AvgIpc) is 3.34. The third kappa shape index (κ3) is 2.79. The predicted octanol–water partition coefficient (Wildman–Crippen LogP) is 3.06. The monoisotopic (exact) mass is 422 g/mol. The van der Waals surface area contributed by atoms with Crippen LogP contribution in [0.1, 0.15) is 59.8 Å². The molecule has 1 spiro atoms. The molecule has 1 saturated heterocycles. The number of hydrogen-bond acceptors (Lipinski definition) is 6. The number of aliphatic hydroxyl groups is 2. The molecule has 0 aromatic carbocycles. The van der Waals surface area contributed by atoms with Crippen molar-refractivity contribution < 1.29 is 29.2 Å². The van der Waals surface area contributed by atoms with Crippen LogP contribution in [-0.4, -0.2) is 54.0 Å². The molecule has 1 heterocycles. The van der Waals surface area contributed by atoms with Crippen molar-refractivity contribution in [1.82, 2.24) is 0 Å². The van der Waals surface area contributed by atoms with Gasteiger partial charge in [0.05, 0.1) is 19.3 Å². The highest BCUT2D eigenvalue weighted by Crippen LogP contribution is 2.72. The van der Waals surface area contributed by atoms with Crippen molar-refractivity contribution in [2.75, 3.05) is 19.8 Å². The highest BCUT2D eigenvalue weighted by atomic mass is 16.7. The summed E-state index contributed by atoms with van der Waals surface area (Å²) in [4.78, 5) is 12.3. The fraction of sp³-hybridized carbons (Fsp3) is 0.875. The fourth-order valence-corrected chi connectivity index (χ4v) is 7.77. The molecule has 4 aliphatic rings. The van der Waals surface area contributed by atoms with Crippen LogP contribution >= 0.6 is 0 Å². The summed E-state index contributed by atoms with van der Waals surface area (Å²) < 4.78 is 18.6. The van der Waals surface area contributed by atoms with E-state index in [-0.39, 0.29) is 23.2 Å². The SMILES string of the molecule is C=C[C@@]1(C)C[C@@H](OC(=O)CO)[C@@]2(C)C3C4(CC[C@@]3(CC[C@H]2C)[C@@H](C)[C@@H]1O)OCCO4. The Bertz CT molecular complexity index is 702. The number of hydrogen-bond donors (Lipinski definition) is 2. The van der Waals surface area contributed by atoms with Crippen molar-refractivity contribution in [3.8, 4) is 0 Å². The van der Waals surface area contributed by atoms with Crippen molar-refractivity contribution >= 4 is 5.97 Å². The largest absolute Gasteiger partial charge is 0.460 e. The van der Waals surface area contributed by atoms with Crippen molar-refractivity contribution in [3.63, 3.8) is 0 Å². The quantitative estimate of drug-likeness (QED) is 0.537. The first kappa shape index (κ1) is 22.3. The van der Waals surface area contributed by atoms with Gasteiger partial charge in [0.1, 0.15) is 12.7 Å². The summed E-state index contributed by atoms with van der Waals surface area (Å²) in [5.41, 5.74) is -1.19. The highest BCUT2D eigenvalue weighted by molar-refractivity contribution is 5.70. The molecule has 4 rings (SSSR count). The van der Waals surface area contributed by atoms with Crippen LogP contribution in [0.3, 0.4) is 0 Å². The molecule has 170 valence electrons. The number of carbonyl (C=O) groups excluding carboxylic acids is 1. The number of aliphatic hydroxyl groups excluding tert-OH is 2. The zero-order valence-corrected chi connectivity index (χ0v) is 18.9. The first-order chi connectivity index (χ1) is 14.1. The van der Waals surface area contributed by atoms with Crippen LogP contribution in [0.15, 0.2) is 12.7 Å². The van der Waals surface area contributed by atoms with Crippen LogP contribution < -0.4 is 0 Å². The van der Waals surface area contributed by atoms with Crippen LogP contribution in [-0.2, 0) is 19.0 Å². The lowest BCUT2D eigenvalue weighted by Gasteiger charge is -2.64. The summed E-state index contributed by atoms with van der Waals surface area (Å²) in [6.07, 6.45) is 4.88. The number of ether oxygens (including phenoxy) is 3. The molecule has 1 unspecified atom stereocenters. The molecule has 6 heteroatoms. The van der Waals surface area contributed by atoms with Gasteiger partial charge in [0, 0.05) is 23.2 Å². The van der Waals surface area contributed by atoms with E-state index in [0.29, 0.717) is 19.6 Å². The molecule has 4 fully saturated rings. The minimum Gasteiger partial charge on any atom is -0.460 e. The second-order valence-electron chi connectivity index (χ2n) is 10.8. The van der Waals surface area contributed by atoms with E-state index in [1.807, 2.05) is 13.0 Å². The Morgan fingerprint density at radius 2 is 1.87 bits per heavy atom. The normalized spacial score (nSPS) is 49.9. The Morgan fingerprint density at radius 1 is 1.20 bits per heavy atom. The molecule has 30 heavy (non-hydrogen) atoms. The smallest absolute Gasteiger partial charge is 0.332 e. The van der Waals surface area contributed by atoms with Gasteiger partial charge in [-0.15, -0.1) is 6.58 Å². The summed E-state index contributed by atoms with van der Waals surface area (Å²) in [5.74, 6) is -1.02. The van der Waals surface area contributed by atoms with E-state index in [1.165, 1.54) is 0 Å². The fourth-order valence-electron chi connectivity index (χ4n) is 7.77. The van der Waals surface area contributed by atoms with Crippen LogP contribution in [0.25, 0.3) is 0 Å². The third-order valence-corrected chi connectivity index (χ3v) is 9.70. The molecule has 0 aromatic heterocycles. The molecule has 6 nitrogen and oxygen atoms in total. The molecule has 8 atom stereocenters. The van der Waals surface area contributed by atoms with Crippen LogP contribution in [0.2, 0.25) is 0 Å². The molecule has 3 saturated carbocycles. The molecular weight excluding hydrogens is 384 g/mol. The van der Waals surface area contributed by atoms with Crippen LogP contribution in [0.4, 0.5) is 0 Å². The zero-order chi connectivity index (χ0) is 21.9. The molecule has 2 bridgehead atoms. The molecule has 3 aliphatic carbocycles. The Balaban J connectivity index is 1.93. The van der Waals surface area contributed by atoms with E-state index >= 15 is 0 Å². The Morgan fingerprint density at radius 3 is 2.47 bits per heavy atom. The summed E-state index contributed by atoms with van der Waals surface area (Å²) in [7, 11) is 0. The minimum atomic E-state index is -0.691. The van der Waals surface area contributed by atoms with Crippen LogP contribution in [0.5, 0.6) is 0 Å². The topological polar surface area (TPSA) is 85.2 Å². The van der Waals surface area contributed by atoms with Gasteiger partial charge in [0.2, 0.25) is 0 Å². The van der Waals surface area contributed by atoms with Crippen molar-refractivity contribution in [2.24, 2.45) is 34.0 Å². The van der Waals surface area contributed by atoms with E-state index < -0.39 is 41.4 Å². The molecule has 0 radical (unpaired) electrons. The maximum absolute atomic E-state index is 12.3. The molecular formula is C24H38O6. The lowest BCUT2D eigenvalue weighted by Crippen LogP contribution is -2.66. The third-order valence-electron chi connectivity index (χ3n) is 9.70. The maximum atomic E-state index is 12.3. The van der Waals surface area contributed by atoms with Gasteiger partial charge in [-0.05, 0) is 42.9 Å². The van der Waals surface area contributed by atoms with E-state index in [1.54, 1.807) is 0 Å². The van der Waals surface area contributed by atoms with Crippen molar-refractivity contribution in [1.29, 1.82) is 0 Å². The predicted molar refractivity (Wildman–Crippen MR) is 111 cm³/mol. The Labute approximate surface area is 180 Å². The summed E-state index contributed by atoms with van der Waals surface area (Å²) in [6, 6.07) is 0. The lowest BCUT2D eigenvalue weighted by molar-refractivity contribution is -0.284. The second kappa shape index (κ2) is 7.29. The summed E-state index contributed by atoms with van der Waals surface area (Å²) >= 11 is 0. The van der Waals surface area contributed by atoms with E-state index in [9.17, 15) is 15.0 Å². The lowest BCUT2D eigenvalue weighted by atomic mass is 9.43. The Kier molecular flexibility index (Phi) is 5.41. The maximum Gasteiger partial charge on any atom is 0.332 e. The van der Waals surface area contributed by atoms with Crippen LogP contribution in [0, 0.1) is 34.0 Å².